The second-order valence-corrected chi connectivity index (χ2v) is 6.31. The predicted octanol–water partition coefficient (Wildman–Crippen LogP) is 1.08. The molecule has 1 aliphatic heterocycles. The molecule has 1 aromatic carbocycles. The number of piperidine rings is 1. The Kier molecular flexibility index (Phi) is 7.83. The number of hydrogen-bond donors (Lipinski definition) is 2. The number of esters is 1. The molecule has 0 amide bonds. The van der Waals surface area contributed by atoms with E-state index in [4.69, 9.17) is 4.74 Å². The smallest absolute Gasteiger partial charge is 0.573 e. The Hall–Kier alpha value is -2.61. The lowest BCUT2D eigenvalue weighted by atomic mass is 10.1. The fourth-order valence-electron chi connectivity index (χ4n) is 2.86. The molecule has 1 aromatic heterocycles. The number of carbonyl (C=O) groups is 1. The highest BCUT2D eigenvalue weighted by molar-refractivity contribution is 8.93. The van der Waals surface area contributed by atoms with E-state index in [1.807, 2.05) is 0 Å². The third-order valence-corrected chi connectivity index (χ3v) is 4.18. The molecule has 0 radical (unpaired) electrons. The lowest BCUT2D eigenvalue weighted by molar-refractivity contribution is -0.672. The van der Waals surface area contributed by atoms with Crippen molar-refractivity contribution in [2.75, 3.05) is 25.0 Å². The first-order valence-electron chi connectivity index (χ1n) is 8.80. The molecule has 0 spiro atoms. The van der Waals surface area contributed by atoms with Crippen molar-refractivity contribution in [1.29, 1.82) is 0 Å². The van der Waals surface area contributed by atoms with E-state index in [-0.39, 0.29) is 51.1 Å². The summed E-state index contributed by atoms with van der Waals surface area (Å²) in [5.74, 6) is -1.50. The molecule has 2 N–H and O–H groups in total. The summed E-state index contributed by atoms with van der Waals surface area (Å²) in [6.07, 6.45) is -3.69. The number of anilines is 1. The minimum Gasteiger partial charge on any atom is -0.739 e. The van der Waals surface area contributed by atoms with Crippen LogP contribution in [0.4, 0.5) is 19.1 Å². The van der Waals surface area contributed by atoms with Gasteiger partial charge in [-0.2, -0.15) is 0 Å². The van der Waals surface area contributed by atoms with Crippen LogP contribution in [0.1, 0.15) is 19.3 Å². The zero-order valence-electron chi connectivity index (χ0n) is 15.5. The Balaban J connectivity index is 0.00000320. The predicted molar refractivity (Wildman–Crippen MR) is 102 cm³/mol. The second-order valence-electron chi connectivity index (χ2n) is 6.31. The monoisotopic (exact) mass is 497 g/mol. The highest BCUT2D eigenvalue weighted by Crippen LogP contribution is 2.24. The van der Waals surface area contributed by atoms with Crippen molar-refractivity contribution in [2.24, 2.45) is 0 Å². The van der Waals surface area contributed by atoms with Gasteiger partial charge < -0.3 is 25.2 Å². The van der Waals surface area contributed by atoms with Gasteiger partial charge in [-0.1, -0.05) is 0 Å². The van der Waals surface area contributed by atoms with Gasteiger partial charge in [0, 0.05) is 4.85 Å². The van der Waals surface area contributed by atoms with Crippen LogP contribution in [-0.4, -0.2) is 43.2 Å². The highest BCUT2D eigenvalue weighted by atomic mass is 79.9. The number of ether oxygens (including phenoxy) is 2. The molecule has 1 fully saturated rings. The SMILES string of the molecule is Br.O=C(CCNc1n[n+]([O-])c2cc(OC(F)(F)F)ccc2[n+]1[O-])OC1CCNCC1. The second kappa shape index (κ2) is 9.93. The lowest BCUT2D eigenvalue weighted by Crippen LogP contribution is -2.44. The molecule has 0 saturated carbocycles. The van der Waals surface area contributed by atoms with Gasteiger partial charge in [-0.05, 0) is 38.1 Å². The molecular formula is C16H19BrF3N5O5. The van der Waals surface area contributed by atoms with E-state index in [0.717, 1.165) is 44.1 Å². The summed E-state index contributed by atoms with van der Waals surface area (Å²) in [7, 11) is 0. The maximum Gasteiger partial charge on any atom is 0.573 e. The summed E-state index contributed by atoms with van der Waals surface area (Å²) in [6.45, 7) is 1.53. The zero-order chi connectivity index (χ0) is 21.0. The standard InChI is InChI=1S/C16H18F3N5O5.BrH/c17-16(18,19)29-11-1-2-12-13(9-11)24(27)22-15(23(12)26)21-8-5-14(25)28-10-3-6-20-7-4-10;/h1-2,9-10,20H,3-8H2,(H,21,22);1H. The van der Waals surface area contributed by atoms with Gasteiger partial charge in [0.2, 0.25) is 5.10 Å². The van der Waals surface area contributed by atoms with Crippen molar-refractivity contribution < 1.29 is 37.0 Å². The Bertz CT molecular complexity index is 896. The molecular weight excluding hydrogens is 479 g/mol. The molecule has 3 rings (SSSR count). The van der Waals surface area contributed by atoms with Gasteiger partial charge in [-0.15, -0.1) is 30.2 Å². The average Bonchev–Trinajstić information content (AvgIpc) is 2.65. The maximum atomic E-state index is 12.3. The fourth-order valence-corrected chi connectivity index (χ4v) is 2.86. The van der Waals surface area contributed by atoms with Gasteiger partial charge in [0.15, 0.2) is 5.52 Å². The van der Waals surface area contributed by atoms with Gasteiger partial charge >= 0.3 is 23.8 Å². The van der Waals surface area contributed by atoms with Crippen molar-refractivity contribution in [3.05, 3.63) is 28.6 Å². The van der Waals surface area contributed by atoms with Crippen LogP contribution >= 0.6 is 17.0 Å². The minimum absolute atomic E-state index is 0. The van der Waals surface area contributed by atoms with Crippen LogP contribution in [0.2, 0.25) is 0 Å². The van der Waals surface area contributed by atoms with E-state index in [0.29, 0.717) is 0 Å². The van der Waals surface area contributed by atoms with Crippen molar-refractivity contribution in [2.45, 2.75) is 31.7 Å². The summed E-state index contributed by atoms with van der Waals surface area (Å²) in [5, 5.41) is 33.5. The lowest BCUT2D eigenvalue weighted by Gasteiger charge is -2.22. The quantitative estimate of drug-likeness (QED) is 0.344. The molecule has 30 heavy (non-hydrogen) atoms. The van der Waals surface area contributed by atoms with Gasteiger partial charge in [-0.25, -0.2) is 4.73 Å². The number of nitrogens with zero attached hydrogens (tertiary/aromatic N) is 3. The van der Waals surface area contributed by atoms with Crippen LogP contribution in [0, 0.1) is 10.4 Å². The number of fused-ring (bicyclic) bond motifs is 1. The summed E-state index contributed by atoms with van der Waals surface area (Å²) in [6, 6.07) is 2.68. The number of halogens is 4. The third kappa shape index (κ3) is 6.19. The Morgan fingerprint density at radius 1 is 1.27 bits per heavy atom. The van der Waals surface area contributed by atoms with E-state index in [1.54, 1.807) is 0 Å². The number of rotatable bonds is 6. The van der Waals surface area contributed by atoms with Crippen molar-refractivity contribution in [3.8, 4) is 5.75 Å². The number of benzene rings is 1. The van der Waals surface area contributed by atoms with Crippen LogP contribution < -0.4 is 24.9 Å². The van der Waals surface area contributed by atoms with E-state index in [2.05, 4.69) is 20.5 Å². The van der Waals surface area contributed by atoms with Gasteiger partial charge in [0.25, 0.3) is 0 Å². The normalized spacial score (nSPS) is 14.8. The summed E-state index contributed by atoms with van der Waals surface area (Å²) in [4.78, 5) is 11.9. The number of carbonyl (C=O) groups excluding carboxylic acids is 1. The largest absolute Gasteiger partial charge is 0.739 e. The topological polar surface area (TPSA) is 126 Å². The third-order valence-electron chi connectivity index (χ3n) is 4.18. The van der Waals surface area contributed by atoms with Gasteiger partial charge in [0.1, 0.15) is 11.9 Å². The Morgan fingerprint density at radius 2 is 1.97 bits per heavy atom. The fraction of sp³-hybridized carbons (Fsp3) is 0.500. The van der Waals surface area contributed by atoms with Crippen molar-refractivity contribution in [3.63, 3.8) is 0 Å². The molecule has 2 aromatic rings. The van der Waals surface area contributed by atoms with Crippen LogP contribution in [0.25, 0.3) is 11.0 Å². The van der Waals surface area contributed by atoms with Gasteiger partial charge in [0.05, 0.1) is 19.0 Å². The Labute approximate surface area is 178 Å². The molecule has 10 nitrogen and oxygen atoms in total. The van der Waals surface area contributed by atoms with Crippen LogP contribution in [-0.2, 0) is 9.53 Å². The molecule has 0 aliphatic carbocycles. The maximum absolute atomic E-state index is 12.3. The first kappa shape index (κ1) is 23.7. The summed E-state index contributed by atoms with van der Waals surface area (Å²) >= 11 is 0. The number of hydrogen-bond acceptors (Lipinski definition) is 8. The molecule has 166 valence electrons. The van der Waals surface area contributed by atoms with Crippen LogP contribution in [0.15, 0.2) is 18.2 Å². The Morgan fingerprint density at radius 3 is 2.63 bits per heavy atom. The van der Waals surface area contributed by atoms with Gasteiger partial charge in [-0.3, -0.25) is 10.1 Å². The molecule has 0 bridgehead atoms. The molecule has 0 atom stereocenters. The number of nitrogens with one attached hydrogen (secondary N) is 2. The van der Waals surface area contributed by atoms with E-state index in [9.17, 15) is 28.4 Å². The molecule has 2 heterocycles. The first-order chi connectivity index (χ1) is 13.7. The molecule has 1 aliphatic rings. The average molecular weight is 498 g/mol. The van der Waals surface area contributed by atoms with E-state index in [1.165, 1.54) is 0 Å². The van der Waals surface area contributed by atoms with Crippen molar-refractivity contribution in [1.82, 2.24) is 10.4 Å². The van der Waals surface area contributed by atoms with Crippen LogP contribution in [0.5, 0.6) is 5.75 Å². The summed E-state index contributed by atoms with van der Waals surface area (Å²) in [5.41, 5.74) is -0.623. The zero-order valence-corrected chi connectivity index (χ0v) is 17.2. The first-order valence-corrected chi connectivity index (χ1v) is 8.80. The molecule has 14 heteroatoms. The summed E-state index contributed by atoms with van der Waals surface area (Å²) < 4.78 is 46.2. The van der Waals surface area contributed by atoms with E-state index >= 15 is 0 Å². The van der Waals surface area contributed by atoms with Crippen LogP contribution in [0.3, 0.4) is 0 Å². The highest BCUT2D eigenvalue weighted by Gasteiger charge is 2.32. The molecule has 0 unspecified atom stereocenters. The number of aromatic nitrogens is 3. The number of alkyl halides is 3. The van der Waals surface area contributed by atoms with E-state index < -0.39 is 29.5 Å². The van der Waals surface area contributed by atoms with Crippen molar-refractivity contribution >= 4 is 39.9 Å². The minimum atomic E-state index is -4.94. The molecule has 1 saturated heterocycles.